The number of carboxylic acid groups (broad SMARTS) is 4. The first-order valence-electron chi connectivity index (χ1n) is 17.4. The van der Waals surface area contributed by atoms with Gasteiger partial charge in [0.2, 0.25) is 0 Å². The van der Waals surface area contributed by atoms with Crippen molar-refractivity contribution < 1.29 is 79.0 Å². The molecule has 0 aliphatic rings. The number of hydrogen-bond donors (Lipinski definition) is 6. The van der Waals surface area contributed by atoms with E-state index < -0.39 is 61.1 Å². The van der Waals surface area contributed by atoms with Gasteiger partial charge in [0.05, 0.1) is 66.6 Å². The van der Waals surface area contributed by atoms with Crippen molar-refractivity contribution in [3.8, 4) is 0 Å². The van der Waals surface area contributed by atoms with Crippen LogP contribution >= 0.6 is 0 Å². The molecule has 0 aromatic carbocycles. The summed E-state index contributed by atoms with van der Waals surface area (Å²) >= 11 is 0. The van der Waals surface area contributed by atoms with Crippen molar-refractivity contribution in [2.75, 3.05) is 80.9 Å². The number of likely N-dealkylation sites (N-methyl/N-ethyl adjacent to an activating group) is 2. The molecule has 0 amide bonds. The molecule has 16 heteroatoms. The van der Waals surface area contributed by atoms with Crippen LogP contribution in [0.15, 0.2) is 0 Å². The van der Waals surface area contributed by atoms with Crippen LogP contribution in [0.4, 0.5) is 0 Å². The van der Waals surface area contributed by atoms with Crippen LogP contribution in [0.2, 0.25) is 0 Å². The van der Waals surface area contributed by atoms with Crippen molar-refractivity contribution in [2.45, 2.75) is 105 Å². The van der Waals surface area contributed by atoms with Crippen LogP contribution in [0.1, 0.15) is 105 Å². The maximum Gasteiger partial charge on any atom is 0.314 e. The Kier molecular flexibility index (Phi) is 34.0. The van der Waals surface area contributed by atoms with Crippen molar-refractivity contribution >= 4 is 23.9 Å². The molecule has 0 aromatic rings. The van der Waals surface area contributed by atoms with Gasteiger partial charge in [-0.15, -0.1) is 0 Å². The number of aliphatic hydroxyl groups excluding tert-OH is 4. The molecule has 0 atom stereocenters. The molecule has 16 nitrogen and oxygen atoms in total. The van der Waals surface area contributed by atoms with Gasteiger partial charge >= 0.3 is 11.9 Å². The van der Waals surface area contributed by atoms with Crippen LogP contribution in [0.25, 0.3) is 0 Å². The summed E-state index contributed by atoms with van der Waals surface area (Å²) in [5.41, 5.74) is -2.74. The molecule has 0 aliphatic heterocycles. The number of quaternary nitrogens is 2. The van der Waals surface area contributed by atoms with Gasteiger partial charge in [-0.05, 0) is 26.2 Å². The van der Waals surface area contributed by atoms with Crippen LogP contribution in [0, 0.1) is 10.8 Å². The normalized spacial score (nSPS) is 11.6. The predicted octanol–water partition coefficient (Wildman–Crippen LogP) is 0.333. The summed E-state index contributed by atoms with van der Waals surface area (Å²) in [6, 6.07) is 0. The Balaban J connectivity index is -0.000000291. The lowest BCUT2D eigenvalue weighted by molar-refractivity contribution is -1.07. The third-order valence-corrected chi connectivity index (χ3v) is 7.60. The monoisotopic (exact) mass is 730 g/mol. The molecule has 50 heavy (non-hydrogen) atoms. The summed E-state index contributed by atoms with van der Waals surface area (Å²) in [7, 11) is 6.90. The van der Waals surface area contributed by atoms with Crippen molar-refractivity contribution in [3.63, 3.8) is 0 Å². The van der Waals surface area contributed by atoms with E-state index >= 15 is 0 Å². The molecule has 0 bridgehead atoms. The quantitative estimate of drug-likeness (QED) is 0.0399. The number of carboxylic acids is 4. The molecular formula is C34H70N2O14. The van der Waals surface area contributed by atoms with Crippen molar-refractivity contribution in [1.82, 2.24) is 0 Å². The number of carbonyl (C=O) groups is 4. The van der Waals surface area contributed by atoms with Gasteiger partial charge in [0.1, 0.15) is 37.1 Å². The number of nitrogens with zero attached hydrogens (tertiary/aromatic N) is 2. The highest BCUT2D eigenvalue weighted by molar-refractivity contribution is 5.75. The fourth-order valence-electron chi connectivity index (χ4n) is 3.67. The molecule has 0 saturated heterocycles. The summed E-state index contributed by atoms with van der Waals surface area (Å²) in [6.07, 6.45) is 13.4. The van der Waals surface area contributed by atoms with Crippen LogP contribution in [-0.4, -0.2) is 145 Å². The second-order valence-corrected chi connectivity index (χ2v) is 13.5. The van der Waals surface area contributed by atoms with Crippen LogP contribution in [-0.2, 0) is 28.9 Å². The minimum absolute atomic E-state index is 0.0362. The molecule has 0 aromatic heterocycles. The number of unbranched alkanes of at least 4 members (excludes halogenated alkanes) is 9. The molecule has 6 N–H and O–H groups in total. The Morgan fingerprint density at radius 1 is 0.560 bits per heavy atom. The Morgan fingerprint density at radius 2 is 0.880 bits per heavy atom. The van der Waals surface area contributed by atoms with Gasteiger partial charge in [-0.1, -0.05) is 78.6 Å². The molecule has 0 spiro atoms. The molecule has 0 heterocycles. The Labute approximate surface area is 299 Å². The van der Waals surface area contributed by atoms with Crippen LogP contribution in [0.3, 0.4) is 0 Å². The van der Waals surface area contributed by atoms with E-state index in [9.17, 15) is 29.4 Å². The maximum atomic E-state index is 10.4. The zero-order chi connectivity index (χ0) is 39.9. The van der Waals surface area contributed by atoms with E-state index in [1.165, 1.54) is 51.9 Å². The summed E-state index contributed by atoms with van der Waals surface area (Å²) in [5, 5.41) is 71.6. The van der Waals surface area contributed by atoms with E-state index in [4.69, 9.17) is 40.3 Å². The second-order valence-electron chi connectivity index (χ2n) is 13.5. The smallest absolute Gasteiger partial charge is 0.314 e. The molecule has 300 valence electrons. The van der Waals surface area contributed by atoms with Crippen LogP contribution < -0.4 is 10.2 Å². The van der Waals surface area contributed by atoms with Gasteiger partial charge in [0, 0.05) is 0 Å². The number of rotatable bonds is 26. The van der Waals surface area contributed by atoms with Gasteiger partial charge in [-0.2, -0.15) is 9.29 Å². The highest BCUT2D eigenvalue weighted by Gasteiger charge is 2.35. The Morgan fingerprint density at radius 3 is 1.08 bits per heavy atom. The Bertz CT molecular complexity index is 868. The SMILES string of the molecule is CC(CO)(CO)C(=O)O.CCC(CO)(CO)C(=O)O.CCCCCCCCCO[N+](C)(C)CC(=O)[O-].CCCCCCO[N+](C)(C)CC(=O)[O-]. The highest BCUT2D eigenvalue weighted by Crippen LogP contribution is 2.20. The summed E-state index contributed by atoms with van der Waals surface area (Å²) in [6.45, 7) is 6.15. The van der Waals surface area contributed by atoms with Crippen molar-refractivity contribution in [1.29, 1.82) is 0 Å². The lowest BCUT2D eigenvalue weighted by Gasteiger charge is -2.27. The number of hydrogen-bond acceptors (Lipinski definition) is 12. The average molecular weight is 731 g/mol. The number of carbonyl (C=O) groups excluding carboxylic acids is 2. The van der Waals surface area contributed by atoms with Gasteiger partial charge < -0.3 is 50.4 Å². The topological polar surface area (TPSA) is 254 Å². The van der Waals surface area contributed by atoms with Gasteiger partial charge in [0.15, 0.2) is 0 Å². The predicted molar refractivity (Wildman–Crippen MR) is 182 cm³/mol. The first-order chi connectivity index (χ1) is 23.1. The molecule has 0 rings (SSSR count). The average Bonchev–Trinajstić information content (AvgIpc) is 3.02. The lowest BCUT2D eigenvalue weighted by Crippen LogP contribution is -2.48. The number of aliphatic carboxylic acids is 4. The van der Waals surface area contributed by atoms with Crippen molar-refractivity contribution in [3.05, 3.63) is 0 Å². The molecule has 0 radical (unpaired) electrons. The highest BCUT2D eigenvalue weighted by atomic mass is 16.7. The van der Waals surface area contributed by atoms with E-state index in [0.717, 1.165) is 25.7 Å². The first kappa shape index (κ1) is 54.3. The fourth-order valence-corrected chi connectivity index (χ4v) is 3.67. The number of hydroxylamine groups is 6. The summed E-state index contributed by atoms with van der Waals surface area (Å²) in [4.78, 5) is 52.2. The van der Waals surface area contributed by atoms with Gasteiger partial charge in [-0.3, -0.25) is 9.59 Å². The third kappa shape index (κ3) is 31.5. The maximum absolute atomic E-state index is 10.4. The first-order valence-corrected chi connectivity index (χ1v) is 17.4. The van der Waals surface area contributed by atoms with Crippen molar-refractivity contribution in [2.24, 2.45) is 10.8 Å². The molecule has 0 fully saturated rings. The third-order valence-electron chi connectivity index (χ3n) is 7.60. The lowest BCUT2D eigenvalue weighted by atomic mass is 9.87. The van der Waals surface area contributed by atoms with E-state index in [2.05, 4.69) is 13.8 Å². The molecule has 0 unspecified atom stereocenters. The largest absolute Gasteiger partial charge is 0.544 e. The minimum Gasteiger partial charge on any atom is -0.544 e. The molecular weight excluding hydrogens is 660 g/mol. The zero-order valence-electron chi connectivity index (χ0n) is 32.0. The number of aliphatic hydroxyl groups is 4. The standard InChI is InChI=1S/C13H27NO3.C10H21NO3.C6H12O4.C5H10O4/c1-4-5-6-7-8-9-10-11-17-14(2,3)12-13(15)16;1-4-5-6-7-8-14-11(2,3)9-10(12)13;1-2-6(3-7,4-8)5(9)10;1-5(2-6,3-7)4(8)9/h4-12H2,1-3H3;4-9H2,1-3H3;7-8H,2-4H2,1H3,(H,9,10);6-7H,2-3H2,1H3,(H,8,9). The van der Waals surface area contributed by atoms with E-state index in [1.54, 1.807) is 35.1 Å². The van der Waals surface area contributed by atoms with E-state index in [0.29, 0.717) is 13.2 Å². The van der Waals surface area contributed by atoms with E-state index in [-0.39, 0.29) is 28.8 Å². The fraction of sp³-hybridized carbons (Fsp3) is 0.882. The minimum atomic E-state index is -1.39. The molecule has 0 saturated carbocycles. The summed E-state index contributed by atoms with van der Waals surface area (Å²) < 4.78 is 0.0760. The van der Waals surface area contributed by atoms with Crippen LogP contribution in [0.5, 0.6) is 0 Å². The van der Waals surface area contributed by atoms with Gasteiger partial charge in [0.25, 0.3) is 0 Å². The second kappa shape index (κ2) is 31.3. The Hall–Kier alpha value is -2.44. The molecule has 0 aliphatic carbocycles. The van der Waals surface area contributed by atoms with E-state index in [1.807, 2.05) is 0 Å². The zero-order valence-corrected chi connectivity index (χ0v) is 32.0. The van der Waals surface area contributed by atoms with Gasteiger partial charge in [-0.25, -0.2) is 9.68 Å². The summed E-state index contributed by atoms with van der Waals surface area (Å²) in [5.74, 6) is -4.49.